The molecule has 0 bridgehead atoms. The molecule has 1 atom stereocenters. The van der Waals surface area contributed by atoms with Gasteiger partial charge in [-0.1, -0.05) is 36.4 Å². The second kappa shape index (κ2) is 8.59. The second-order valence-electron chi connectivity index (χ2n) is 7.27. The molecule has 1 aromatic heterocycles. The Hall–Kier alpha value is -2.63. The Morgan fingerprint density at radius 2 is 2.00 bits per heavy atom. The molecule has 2 amide bonds. The molecule has 0 aliphatic carbocycles. The van der Waals surface area contributed by atoms with Crippen LogP contribution in [-0.2, 0) is 13.0 Å². The first-order valence-corrected chi connectivity index (χ1v) is 10.6. The molecule has 0 fully saturated rings. The number of aryl methyl sites for hydroxylation is 1. The fourth-order valence-corrected chi connectivity index (χ4v) is 4.50. The van der Waals surface area contributed by atoms with Gasteiger partial charge in [-0.3, -0.25) is 4.90 Å². The lowest BCUT2D eigenvalue weighted by Gasteiger charge is -2.35. The van der Waals surface area contributed by atoms with Crippen molar-refractivity contribution >= 4 is 23.1 Å². The third-order valence-electron chi connectivity index (χ3n) is 5.26. The Balaban J connectivity index is 1.43. The van der Waals surface area contributed by atoms with Crippen molar-refractivity contribution in [2.45, 2.75) is 25.9 Å². The molecule has 2 N–H and O–H groups in total. The van der Waals surface area contributed by atoms with Crippen LogP contribution < -0.4 is 10.6 Å². The Kier molecular flexibility index (Phi) is 5.74. The van der Waals surface area contributed by atoms with Crippen LogP contribution in [0.2, 0.25) is 0 Å². The van der Waals surface area contributed by atoms with Gasteiger partial charge >= 0.3 is 6.03 Å². The van der Waals surface area contributed by atoms with Crippen LogP contribution in [0.5, 0.6) is 0 Å². The van der Waals surface area contributed by atoms with Crippen molar-refractivity contribution in [3.05, 3.63) is 87.6 Å². The van der Waals surface area contributed by atoms with E-state index in [9.17, 15) is 4.79 Å². The lowest BCUT2D eigenvalue weighted by Crippen LogP contribution is -2.41. The largest absolute Gasteiger partial charge is 0.336 e. The number of carbonyl (C=O) groups is 1. The van der Waals surface area contributed by atoms with Gasteiger partial charge < -0.3 is 10.6 Å². The zero-order chi connectivity index (χ0) is 19.3. The van der Waals surface area contributed by atoms with E-state index in [2.05, 4.69) is 56.6 Å². The summed E-state index contributed by atoms with van der Waals surface area (Å²) in [6.07, 6.45) is 1.05. The van der Waals surface area contributed by atoms with Crippen molar-refractivity contribution in [1.29, 1.82) is 0 Å². The number of carbonyl (C=O) groups excluding carboxylic acids is 1. The minimum absolute atomic E-state index is 0.164. The summed E-state index contributed by atoms with van der Waals surface area (Å²) >= 11 is 1.70. The minimum atomic E-state index is -0.164. The molecule has 1 aliphatic heterocycles. The van der Waals surface area contributed by atoms with Gasteiger partial charge in [0.25, 0.3) is 0 Å². The molecule has 1 aliphatic rings. The van der Waals surface area contributed by atoms with Crippen LogP contribution in [0.1, 0.15) is 28.3 Å². The van der Waals surface area contributed by atoms with Crippen molar-refractivity contribution in [1.82, 2.24) is 10.2 Å². The summed E-state index contributed by atoms with van der Waals surface area (Å²) in [6, 6.07) is 18.7. The average Bonchev–Trinajstić information content (AvgIpc) is 3.22. The van der Waals surface area contributed by atoms with Crippen molar-refractivity contribution in [3.63, 3.8) is 0 Å². The molecule has 0 radical (unpaired) electrons. The SMILES string of the molecule is Cc1cccc(NC(=O)NCC(c2ccsc2)N2CCc3ccccc3C2)c1. The van der Waals surface area contributed by atoms with Gasteiger partial charge in [0.1, 0.15) is 0 Å². The number of urea groups is 1. The molecular formula is C23H25N3OS. The molecule has 0 spiro atoms. The monoisotopic (exact) mass is 391 g/mol. The van der Waals surface area contributed by atoms with Crippen LogP contribution in [-0.4, -0.2) is 24.0 Å². The first kappa shape index (κ1) is 18.7. The van der Waals surface area contributed by atoms with Crippen molar-refractivity contribution in [3.8, 4) is 0 Å². The second-order valence-corrected chi connectivity index (χ2v) is 8.05. The molecule has 4 rings (SSSR count). The highest BCUT2D eigenvalue weighted by Crippen LogP contribution is 2.28. The van der Waals surface area contributed by atoms with Crippen LogP contribution >= 0.6 is 11.3 Å². The van der Waals surface area contributed by atoms with E-state index >= 15 is 0 Å². The highest BCUT2D eigenvalue weighted by atomic mass is 32.1. The number of anilines is 1. The molecule has 2 aromatic carbocycles. The average molecular weight is 392 g/mol. The van der Waals surface area contributed by atoms with Crippen molar-refractivity contribution in [2.24, 2.45) is 0 Å². The predicted octanol–water partition coefficient (Wildman–Crippen LogP) is 4.98. The summed E-state index contributed by atoms with van der Waals surface area (Å²) in [7, 11) is 0. The van der Waals surface area contributed by atoms with E-state index in [0.717, 1.165) is 30.8 Å². The smallest absolute Gasteiger partial charge is 0.319 e. The Bertz CT molecular complexity index is 939. The molecule has 144 valence electrons. The molecule has 1 unspecified atom stereocenters. The van der Waals surface area contributed by atoms with Crippen molar-refractivity contribution in [2.75, 3.05) is 18.4 Å². The maximum Gasteiger partial charge on any atom is 0.319 e. The zero-order valence-corrected chi connectivity index (χ0v) is 16.8. The van der Waals surface area contributed by atoms with Crippen LogP contribution in [0.4, 0.5) is 10.5 Å². The van der Waals surface area contributed by atoms with Gasteiger partial charge in [0.2, 0.25) is 0 Å². The summed E-state index contributed by atoms with van der Waals surface area (Å²) in [5.41, 5.74) is 6.03. The lowest BCUT2D eigenvalue weighted by atomic mass is 9.97. The topological polar surface area (TPSA) is 44.4 Å². The summed E-state index contributed by atoms with van der Waals surface area (Å²) in [6.45, 7) is 4.51. The molecule has 28 heavy (non-hydrogen) atoms. The summed E-state index contributed by atoms with van der Waals surface area (Å²) in [4.78, 5) is 14.9. The highest BCUT2D eigenvalue weighted by Gasteiger charge is 2.25. The van der Waals surface area contributed by atoms with Crippen LogP contribution in [0.25, 0.3) is 0 Å². The molecule has 0 saturated heterocycles. The molecule has 2 heterocycles. The first-order chi connectivity index (χ1) is 13.7. The Morgan fingerprint density at radius 3 is 2.79 bits per heavy atom. The van der Waals surface area contributed by atoms with E-state index in [1.165, 1.54) is 16.7 Å². The summed E-state index contributed by atoms with van der Waals surface area (Å²) in [5, 5.41) is 10.3. The number of hydrogen-bond donors (Lipinski definition) is 2. The maximum absolute atomic E-state index is 12.4. The normalized spacial score (nSPS) is 14.9. The van der Waals surface area contributed by atoms with E-state index in [0.29, 0.717) is 6.54 Å². The van der Waals surface area contributed by atoms with Crippen LogP contribution in [0.3, 0.4) is 0 Å². The number of nitrogens with zero attached hydrogens (tertiary/aromatic N) is 1. The van der Waals surface area contributed by atoms with Gasteiger partial charge in [0.05, 0.1) is 6.04 Å². The van der Waals surface area contributed by atoms with E-state index in [4.69, 9.17) is 0 Å². The van der Waals surface area contributed by atoms with E-state index < -0.39 is 0 Å². The minimum Gasteiger partial charge on any atom is -0.336 e. The first-order valence-electron chi connectivity index (χ1n) is 9.63. The maximum atomic E-state index is 12.4. The van der Waals surface area contributed by atoms with Gasteiger partial charge in [-0.05, 0) is 64.6 Å². The lowest BCUT2D eigenvalue weighted by molar-refractivity contribution is 0.176. The third-order valence-corrected chi connectivity index (χ3v) is 5.96. The molecule has 3 aromatic rings. The molecular weight excluding hydrogens is 366 g/mol. The number of thiophene rings is 1. The quantitative estimate of drug-likeness (QED) is 0.644. The number of benzene rings is 2. The van der Waals surface area contributed by atoms with Gasteiger partial charge in [0.15, 0.2) is 0 Å². The number of rotatable bonds is 5. The van der Waals surface area contributed by atoms with E-state index in [1.54, 1.807) is 11.3 Å². The van der Waals surface area contributed by atoms with Gasteiger partial charge in [-0.15, -0.1) is 0 Å². The van der Waals surface area contributed by atoms with Gasteiger partial charge in [-0.2, -0.15) is 11.3 Å². The number of amides is 2. The van der Waals surface area contributed by atoms with E-state index in [-0.39, 0.29) is 12.1 Å². The predicted molar refractivity (Wildman–Crippen MR) is 116 cm³/mol. The molecule has 4 nitrogen and oxygen atoms in total. The number of fused-ring (bicyclic) bond motifs is 1. The Morgan fingerprint density at radius 1 is 1.14 bits per heavy atom. The highest BCUT2D eigenvalue weighted by molar-refractivity contribution is 7.07. The van der Waals surface area contributed by atoms with Crippen LogP contribution in [0, 0.1) is 6.92 Å². The van der Waals surface area contributed by atoms with Gasteiger partial charge in [-0.25, -0.2) is 4.79 Å². The Labute approximate surface area is 170 Å². The molecule has 0 saturated carbocycles. The summed E-state index contributed by atoms with van der Waals surface area (Å²) in [5.74, 6) is 0. The summed E-state index contributed by atoms with van der Waals surface area (Å²) < 4.78 is 0. The fraction of sp³-hybridized carbons (Fsp3) is 0.261. The standard InChI is InChI=1S/C23H25N3OS/c1-17-5-4-8-21(13-17)25-23(27)24-14-22(20-10-12-28-16-20)26-11-9-18-6-2-3-7-19(18)15-26/h2-8,10,12-13,16,22H,9,11,14-15H2,1H3,(H2,24,25,27). The van der Waals surface area contributed by atoms with Gasteiger partial charge in [0, 0.05) is 25.3 Å². The zero-order valence-electron chi connectivity index (χ0n) is 16.0. The van der Waals surface area contributed by atoms with Crippen molar-refractivity contribution < 1.29 is 4.79 Å². The third kappa shape index (κ3) is 4.43. The number of nitrogens with one attached hydrogen (secondary N) is 2. The number of hydrogen-bond acceptors (Lipinski definition) is 3. The fourth-order valence-electron chi connectivity index (χ4n) is 3.79. The molecule has 5 heteroatoms. The van der Waals surface area contributed by atoms with E-state index in [1.807, 2.05) is 31.2 Å². The van der Waals surface area contributed by atoms with Crippen LogP contribution in [0.15, 0.2) is 65.4 Å².